The molecule has 0 fully saturated rings. The molecule has 0 bridgehead atoms. The number of halogens is 1. The van der Waals surface area contributed by atoms with Gasteiger partial charge in [-0.1, -0.05) is 59.3 Å². The number of esters is 1. The van der Waals surface area contributed by atoms with Crippen LogP contribution >= 0.6 is 15.9 Å². The molecular formula is C29H45BrN2O4Si. The molecule has 6 nitrogen and oxygen atoms in total. The van der Waals surface area contributed by atoms with Crippen molar-refractivity contribution in [2.24, 2.45) is 5.92 Å². The SMILES string of the molecule is CCCC[Si](CCCC)(CCCC)Oc1cc2c(cc1Br)CCC(C(=O)OC(C)(C)C)C(=O)N2CC#N. The Balaban J connectivity index is 2.50. The van der Waals surface area contributed by atoms with E-state index in [0.717, 1.165) is 72.4 Å². The first-order valence-electron chi connectivity index (χ1n) is 13.9. The van der Waals surface area contributed by atoms with Crippen molar-refractivity contribution in [2.75, 3.05) is 11.4 Å². The number of rotatable bonds is 13. The van der Waals surface area contributed by atoms with E-state index in [4.69, 9.17) is 9.16 Å². The monoisotopic (exact) mass is 592 g/mol. The molecule has 1 aliphatic heterocycles. The third-order valence-electron chi connectivity index (χ3n) is 6.89. The predicted octanol–water partition coefficient (Wildman–Crippen LogP) is 7.93. The van der Waals surface area contributed by atoms with Gasteiger partial charge in [-0.05, 0) is 79.3 Å². The van der Waals surface area contributed by atoms with Crippen molar-refractivity contribution in [2.45, 2.75) is 117 Å². The van der Waals surface area contributed by atoms with E-state index >= 15 is 0 Å². The van der Waals surface area contributed by atoms with Gasteiger partial charge in [0.1, 0.15) is 23.8 Å². The molecular weight excluding hydrogens is 548 g/mol. The molecule has 0 saturated heterocycles. The number of ether oxygens (including phenoxy) is 1. The van der Waals surface area contributed by atoms with E-state index in [2.05, 4.69) is 42.8 Å². The van der Waals surface area contributed by atoms with Crippen molar-refractivity contribution in [3.8, 4) is 11.8 Å². The second kappa shape index (κ2) is 14.3. The number of hydrogen-bond donors (Lipinski definition) is 0. The van der Waals surface area contributed by atoms with E-state index in [1.54, 1.807) is 20.8 Å². The molecule has 0 aromatic heterocycles. The van der Waals surface area contributed by atoms with Crippen molar-refractivity contribution in [3.63, 3.8) is 0 Å². The number of fused-ring (bicyclic) bond motifs is 1. The fraction of sp³-hybridized carbons (Fsp3) is 0.690. The Morgan fingerprint density at radius 2 is 1.68 bits per heavy atom. The lowest BCUT2D eigenvalue weighted by atomic mass is 10.00. The molecule has 1 aliphatic rings. The van der Waals surface area contributed by atoms with Crippen molar-refractivity contribution >= 4 is 41.8 Å². The number of carbonyl (C=O) groups is 2. The topological polar surface area (TPSA) is 79.6 Å². The van der Waals surface area contributed by atoms with Gasteiger partial charge in [0.15, 0.2) is 0 Å². The van der Waals surface area contributed by atoms with Crippen molar-refractivity contribution < 1.29 is 18.8 Å². The summed E-state index contributed by atoms with van der Waals surface area (Å²) in [7, 11) is -2.08. The minimum atomic E-state index is -2.08. The van der Waals surface area contributed by atoms with Gasteiger partial charge in [-0.2, -0.15) is 5.26 Å². The van der Waals surface area contributed by atoms with Gasteiger partial charge in [-0.25, -0.2) is 0 Å². The highest BCUT2D eigenvalue weighted by molar-refractivity contribution is 9.10. The van der Waals surface area contributed by atoms with Gasteiger partial charge in [0.25, 0.3) is 8.32 Å². The zero-order chi connectivity index (χ0) is 27.6. The number of unbranched alkanes of at least 4 members (excludes halogenated alkanes) is 3. The summed E-state index contributed by atoms with van der Waals surface area (Å²) in [6.45, 7) is 11.9. The third kappa shape index (κ3) is 8.85. The standard InChI is InChI=1S/C29H45BrN2O4Si/c1-7-10-17-37(18-11-8-2,19-12-9-3)36-26-21-25-22(20-24(26)30)13-14-23(27(33)32(25)16-15-31)28(34)35-29(4,5)6/h20-21,23H,7-14,16-19H2,1-6H3. The van der Waals surface area contributed by atoms with Gasteiger partial charge in [-0.15, -0.1) is 0 Å². The molecule has 1 unspecified atom stereocenters. The lowest BCUT2D eigenvalue weighted by molar-refractivity contribution is -0.162. The molecule has 206 valence electrons. The summed E-state index contributed by atoms with van der Waals surface area (Å²) in [6, 6.07) is 9.42. The molecule has 0 N–H and O–H groups in total. The number of nitriles is 1. The van der Waals surface area contributed by atoms with Gasteiger partial charge >= 0.3 is 5.97 Å². The number of amides is 1. The Kier molecular flexibility index (Phi) is 12.2. The first-order valence-corrected chi connectivity index (χ1v) is 17.3. The zero-order valence-electron chi connectivity index (χ0n) is 23.6. The van der Waals surface area contributed by atoms with Crippen LogP contribution in [0.15, 0.2) is 16.6 Å². The van der Waals surface area contributed by atoms with Crippen LogP contribution in [0.4, 0.5) is 5.69 Å². The van der Waals surface area contributed by atoms with Crippen LogP contribution in [0.25, 0.3) is 0 Å². The Hall–Kier alpha value is -1.85. The number of carbonyl (C=O) groups excluding carboxylic acids is 2. The fourth-order valence-corrected chi connectivity index (χ4v) is 10.2. The number of nitrogens with zero attached hydrogens (tertiary/aromatic N) is 2. The Labute approximate surface area is 233 Å². The van der Waals surface area contributed by atoms with Crippen LogP contribution < -0.4 is 9.33 Å². The van der Waals surface area contributed by atoms with Crippen LogP contribution in [0.1, 0.15) is 92.1 Å². The van der Waals surface area contributed by atoms with Gasteiger partial charge in [0, 0.05) is 6.07 Å². The van der Waals surface area contributed by atoms with Crippen molar-refractivity contribution in [1.29, 1.82) is 5.26 Å². The molecule has 2 rings (SSSR count). The summed E-state index contributed by atoms with van der Waals surface area (Å²) in [5, 5.41) is 9.57. The summed E-state index contributed by atoms with van der Waals surface area (Å²) < 4.78 is 13.5. The summed E-state index contributed by atoms with van der Waals surface area (Å²) in [4.78, 5) is 27.9. The summed E-state index contributed by atoms with van der Waals surface area (Å²) in [5.74, 6) is -1.10. The maximum absolute atomic E-state index is 13.6. The lowest BCUT2D eigenvalue weighted by Gasteiger charge is -2.34. The van der Waals surface area contributed by atoms with Gasteiger partial charge in [-0.3, -0.25) is 14.5 Å². The summed E-state index contributed by atoms with van der Waals surface area (Å²) in [5.41, 5.74) is 0.904. The molecule has 1 amide bonds. The maximum Gasteiger partial charge on any atom is 0.319 e. The molecule has 1 heterocycles. The van der Waals surface area contributed by atoms with E-state index in [-0.39, 0.29) is 12.5 Å². The Morgan fingerprint density at radius 3 is 2.16 bits per heavy atom. The Bertz CT molecular complexity index is 948. The first-order chi connectivity index (χ1) is 17.5. The molecule has 37 heavy (non-hydrogen) atoms. The number of benzene rings is 1. The average Bonchev–Trinajstić information content (AvgIpc) is 2.96. The highest BCUT2D eigenvalue weighted by atomic mass is 79.9. The van der Waals surface area contributed by atoms with E-state index in [1.165, 1.54) is 4.90 Å². The fourth-order valence-electron chi connectivity index (χ4n) is 4.93. The molecule has 1 aromatic rings. The molecule has 0 aliphatic carbocycles. The van der Waals surface area contributed by atoms with E-state index in [9.17, 15) is 14.9 Å². The summed E-state index contributed by atoms with van der Waals surface area (Å²) >= 11 is 3.75. The van der Waals surface area contributed by atoms with Crippen LogP contribution in [0.5, 0.6) is 5.75 Å². The van der Waals surface area contributed by atoms with Crippen LogP contribution in [0, 0.1) is 17.2 Å². The van der Waals surface area contributed by atoms with Crippen LogP contribution in [-0.2, 0) is 20.7 Å². The highest BCUT2D eigenvalue weighted by Crippen LogP contribution is 2.41. The zero-order valence-corrected chi connectivity index (χ0v) is 26.2. The second-order valence-electron chi connectivity index (χ2n) is 11.2. The van der Waals surface area contributed by atoms with Gasteiger partial charge in [0.2, 0.25) is 5.91 Å². The van der Waals surface area contributed by atoms with Gasteiger partial charge < -0.3 is 9.16 Å². The third-order valence-corrected chi connectivity index (χ3v) is 12.0. The van der Waals surface area contributed by atoms with E-state index < -0.39 is 25.8 Å². The van der Waals surface area contributed by atoms with Crippen molar-refractivity contribution in [3.05, 3.63) is 22.2 Å². The van der Waals surface area contributed by atoms with Crippen LogP contribution in [-0.4, -0.2) is 32.3 Å². The summed E-state index contributed by atoms with van der Waals surface area (Å²) in [6.07, 6.45) is 7.75. The van der Waals surface area contributed by atoms with Gasteiger partial charge in [0.05, 0.1) is 16.2 Å². The molecule has 0 saturated carbocycles. The molecule has 1 atom stereocenters. The second-order valence-corrected chi connectivity index (χ2v) is 16.1. The minimum absolute atomic E-state index is 0.129. The average molecular weight is 594 g/mol. The molecule has 0 spiro atoms. The predicted molar refractivity (Wildman–Crippen MR) is 155 cm³/mol. The quantitative estimate of drug-likeness (QED) is 0.100. The van der Waals surface area contributed by atoms with E-state index in [1.807, 2.05) is 12.1 Å². The van der Waals surface area contributed by atoms with Crippen LogP contribution in [0.3, 0.4) is 0 Å². The number of anilines is 1. The first kappa shape index (κ1) is 31.4. The number of aryl methyl sites for hydroxylation is 1. The van der Waals surface area contributed by atoms with E-state index in [0.29, 0.717) is 18.5 Å². The molecule has 1 aromatic carbocycles. The number of hydrogen-bond acceptors (Lipinski definition) is 5. The largest absolute Gasteiger partial charge is 0.543 e. The molecule has 8 heteroatoms. The maximum atomic E-state index is 13.6. The normalized spacial score (nSPS) is 16.1. The smallest absolute Gasteiger partial charge is 0.319 e. The molecule has 0 radical (unpaired) electrons. The van der Waals surface area contributed by atoms with Crippen molar-refractivity contribution in [1.82, 2.24) is 0 Å². The Morgan fingerprint density at radius 1 is 1.11 bits per heavy atom. The highest BCUT2D eigenvalue weighted by Gasteiger charge is 2.39. The minimum Gasteiger partial charge on any atom is -0.543 e. The lowest BCUT2D eigenvalue weighted by Crippen LogP contribution is -2.42. The van der Waals surface area contributed by atoms with Crippen LogP contribution in [0.2, 0.25) is 18.1 Å².